The highest BCUT2D eigenvalue weighted by molar-refractivity contribution is 5.68. The minimum atomic E-state index is 0.566. The third kappa shape index (κ3) is 2.06. The molecular weight excluding hydrogens is 214 g/mol. The van der Waals surface area contributed by atoms with Crippen LogP contribution in [0.25, 0.3) is 17.5 Å². The predicted octanol–water partition coefficient (Wildman–Crippen LogP) is 1.78. The van der Waals surface area contributed by atoms with Gasteiger partial charge in [0.05, 0.1) is 11.6 Å². The third-order valence-corrected chi connectivity index (χ3v) is 2.38. The Morgan fingerprint density at radius 1 is 1.41 bits per heavy atom. The third-order valence-electron chi connectivity index (χ3n) is 2.38. The lowest BCUT2D eigenvalue weighted by atomic mass is 10.0. The smallest absolute Gasteiger partial charge is 0.183 e. The van der Waals surface area contributed by atoms with E-state index in [-0.39, 0.29) is 0 Å². The number of aromatic nitrogens is 4. The zero-order valence-electron chi connectivity index (χ0n) is 9.62. The summed E-state index contributed by atoms with van der Waals surface area (Å²) in [6, 6.07) is 7.73. The second-order valence-corrected chi connectivity index (χ2v) is 3.54. The molecule has 0 atom stereocenters. The maximum atomic E-state index is 9.08. The summed E-state index contributed by atoms with van der Waals surface area (Å²) in [5.74, 6) is 0.591. The molecular formula is C12H11N5. The lowest BCUT2D eigenvalue weighted by molar-refractivity contribution is 0.714. The highest BCUT2D eigenvalue weighted by Gasteiger charge is 2.11. The number of allylic oxidation sites excluding steroid dienone is 1. The molecule has 0 radical (unpaired) electrons. The molecule has 0 amide bonds. The highest BCUT2D eigenvalue weighted by atomic mass is 15.5. The van der Waals surface area contributed by atoms with Gasteiger partial charge in [-0.05, 0) is 35.0 Å². The van der Waals surface area contributed by atoms with Crippen molar-refractivity contribution in [2.75, 3.05) is 0 Å². The van der Waals surface area contributed by atoms with Crippen molar-refractivity contribution in [3.63, 3.8) is 0 Å². The van der Waals surface area contributed by atoms with Crippen LogP contribution in [0.5, 0.6) is 0 Å². The Balaban J connectivity index is 2.62. The van der Waals surface area contributed by atoms with Gasteiger partial charge in [0, 0.05) is 12.6 Å². The van der Waals surface area contributed by atoms with Gasteiger partial charge in [-0.1, -0.05) is 18.2 Å². The zero-order chi connectivity index (χ0) is 12.3. The first-order valence-electron chi connectivity index (χ1n) is 5.16. The molecule has 5 nitrogen and oxygen atoms in total. The zero-order valence-corrected chi connectivity index (χ0v) is 9.62. The Morgan fingerprint density at radius 3 is 2.82 bits per heavy atom. The number of aryl methyl sites for hydroxylation is 1. The Bertz CT molecular complexity index is 604. The van der Waals surface area contributed by atoms with E-state index in [4.69, 9.17) is 5.26 Å². The van der Waals surface area contributed by atoms with Gasteiger partial charge in [-0.3, -0.25) is 0 Å². The molecule has 0 aliphatic rings. The van der Waals surface area contributed by atoms with E-state index in [0.29, 0.717) is 11.4 Å². The largest absolute Gasteiger partial charge is 0.229 e. The number of nitriles is 1. The van der Waals surface area contributed by atoms with Gasteiger partial charge in [0.1, 0.15) is 0 Å². The molecule has 17 heavy (non-hydrogen) atoms. The standard InChI is InChI=1S/C12H11N5/c1-3-4-9-5-6-10(8-13)11(7-9)12-14-15-16-17(12)2/h3-7H,1-2H3/b4-3+. The summed E-state index contributed by atoms with van der Waals surface area (Å²) in [5.41, 5.74) is 2.33. The summed E-state index contributed by atoms with van der Waals surface area (Å²) in [4.78, 5) is 0. The lowest BCUT2D eigenvalue weighted by Crippen LogP contribution is -1.97. The van der Waals surface area contributed by atoms with Crippen molar-refractivity contribution in [1.82, 2.24) is 20.2 Å². The minimum Gasteiger partial charge on any atom is -0.229 e. The second-order valence-electron chi connectivity index (χ2n) is 3.54. The van der Waals surface area contributed by atoms with Gasteiger partial charge in [0.2, 0.25) is 0 Å². The van der Waals surface area contributed by atoms with Crippen LogP contribution >= 0.6 is 0 Å². The highest BCUT2D eigenvalue weighted by Crippen LogP contribution is 2.22. The van der Waals surface area contributed by atoms with E-state index >= 15 is 0 Å². The number of tetrazole rings is 1. The number of benzene rings is 1. The van der Waals surface area contributed by atoms with Gasteiger partial charge in [-0.15, -0.1) is 5.10 Å². The fraction of sp³-hybridized carbons (Fsp3) is 0.167. The summed E-state index contributed by atoms with van der Waals surface area (Å²) in [6.07, 6.45) is 3.91. The Hall–Kier alpha value is -2.48. The van der Waals surface area contributed by atoms with Crippen LogP contribution in [0.15, 0.2) is 24.3 Å². The number of rotatable bonds is 2. The van der Waals surface area contributed by atoms with E-state index in [1.165, 1.54) is 0 Å². The molecule has 1 heterocycles. The van der Waals surface area contributed by atoms with Crippen molar-refractivity contribution in [2.24, 2.45) is 7.05 Å². The van der Waals surface area contributed by atoms with Crippen molar-refractivity contribution in [3.05, 3.63) is 35.4 Å². The Labute approximate surface area is 99.0 Å². The van der Waals surface area contributed by atoms with E-state index in [2.05, 4.69) is 21.6 Å². The fourth-order valence-corrected chi connectivity index (χ4v) is 1.60. The van der Waals surface area contributed by atoms with Gasteiger partial charge in [0.25, 0.3) is 0 Å². The Morgan fingerprint density at radius 2 is 2.24 bits per heavy atom. The summed E-state index contributed by atoms with van der Waals surface area (Å²) in [7, 11) is 1.75. The molecule has 0 fully saturated rings. The predicted molar refractivity (Wildman–Crippen MR) is 63.7 cm³/mol. The van der Waals surface area contributed by atoms with Crippen LogP contribution in [-0.2, 0) is 7.05 Å². The molecule has 2 rings (SSSR count). The van der Waals surface area contributed by atoms with Crippen LogP contribution in [-0.4, -0.2) is 20.2 Å². The average molecular weight is 225 g/mol. The van der Waals surface area contributed by atoms with Crippen molar-refractivity contribution in [2.45, 2.75) is 6.92 Å². The maximum absolute atomic E-state index is 9.08. The van der Waals surface area contributed by atoms with Crippen molar-refractivity contribution in [1.29, 1.82) is 5.26 Å². The van der Waals surface area contributed by atoms with Gasteiger partial charge >= 0.3 is 0 Å². The van der Waals surface area contributed by atoms with Crippen LogP contribution in [0.1, 0.15) is 18.1 Å². The molecule has 84 valence electrons. The number of hydrogen-bond acceptors (Lipinski definition) is 4. The topological polar surface area (TPSA) is 67.4 Å². The van der Waals surface area contributed by atoms with E-state index in [9.17, 15) is 0 Å². The first-order chi connectivity index (χ1) is 8.26. The molecule has 5 heteroatoms. The molecule has 0 N–H and O–H groups in total. The van der Waals surface area contributed by atoms with Crippen molar-refractivity contribution < 1.29 is 0 Å². The first kappa shape index (κ1) is 11.0. The monoisotopic (exact) mass is 225 g/mol. The van der Waals surface area contributed by atoms with Crippen LogP contribution in [0.2, 0.25) is 0 Å². The van der Waals surface area contributed by atoms with Crippen LogP contribution < -0.4 is 0 Å². The molecule has 1 aromatic heterocycles. The molecule has 0 bridgehead atoms. The van der Waals surface area contributed by atoms with E-state index in [0.717, 1.165) is 11.1 Å². The van der Waals surface area contributed by atoms with Crippen LogP contribution in [0.4, 0.5) is 0 Å². The first-order valence-corrected chi connectivity index (χ1v) is 5.16. The van der Waals surface area contributed by atoms with Gasteiger partial charge in [-0.25, -0.2) is 4.68 Å². The summed E-state index contributed by atoms with van der Waals surface area (Å²) < 4.78 is 1.55. The molecule has 0 saturated heterocycles. The fourth-order valence-electron chi connectivity index (χ4n) is 1.60. The van der Waals surface area contributed by atoms with Crippen LogP contribution in [0.3, 0.4) is 0 Å². The van der Waals surface area contributed by atoms with E-state index in [1.807, 2.05) is 31.2 Å². The summed E-state index contributed by atoms with van der Waals surface area (Å²) in [6.45, 7) is 1.95. The quantitative estimate of drug-likeness (QED) is 0.781. The molecule has 0 saturated carbocycles. The van der Waals surface area contributed by atoms with E-state index < -0.39 is 0 Å². The van der Waals surface area contributed by atoms with E-state index in [1.54, 1.807) is 17.8 Å². The van der Waals surface area contributed by atoms with Crippen molar-refractivity contribution >= 4 is 6.08 Å². The van der Waals surface area contributed by atoms with Crippen molar-refractivity contribution in [3.8, 4) is 17.5 Å². The molecule has 0 aliphatic carbocycles. The minimum absolute atomic E-state index is 0.566. The van der Waals surface area contributed by atoms with Crippen LogP contribution in [0, 0.1) is 11.3 Å². The molecule has 2 aromatic rings. The van der Waals surface area contributed by atoms with Gasteiger partial charge < -0.3 is 0 Å². The maximum Gasteiger partial charge on any atom is 0.183 e. The summed E-state index contributed by atoms with van der Waals surface area (Å²) >= 11 is 0. The lowest BCUT2D eigenvalue weighted by Gasteiger charge is -2.03. The number of hydrogen-bond donors (Lipinski definition) is 0. The summed E-state index contributed by atoms with van der Waals surface area (Å²) in [5, 5.41) is 20.4. The normalized spacial score (nSPS) is 10.6. The van der Waals surface area contributed by atoms with Gasteiger partial charge in [-0.2, -0.15) is 5.26 Å². The average Bonchev–Trinajstić information content (AvgIpc) is 2.76. The Kier molecular flexibility index (Phi) is 2.97. The SMILES string of the molecule is C/C=C/c1ccc(C#N)c(-c2nnnn2C)c1. The molecule has 0 aliphatic heterocycles. The molecule has 0 spiro atoms. The molecule has 0 unspecified atom stereocenters. The number of nitrogens with zero attached hydrogens (tertiary/aromatic N) is 5. The van der Waals surface area contributed by atoms with Gasteiger partial charge in [0.15, 0.2) is 5.82 Å². The second kappa shape index (κ2) is 4.58. The molecule has 1 aromatic carbocycles.